The largest absolute Gasteiger partial charge is 0.475 e. The Hall–Kier alpha value is -1.89. The molecule has 2 rings (SSSR count). The SMILES string of the molecule is CCNc1nc(OCCOCC(C)C)c2cn[nH]c2n1. The number of aromatic amines is 1. The van der Waals surface area contributed by atoms with Crippen LogP contribution in [0.4, 0.5) is 5.95 Å². The van der Waals surface area contributed by atoms with Crippen LogP contribution in [0.25, 0.3) is 11.0 Å². The molecule has 2 aromatic rings. The van der Waals surface area contributed by atoms with E-state index in [0.717, 1.165) is 18.5 Å². The lowest BCUT2D eigenvalue weighted by molar-refractivity contribution is 0.0811. The van der Waals surface area contributed by atoms with Gasteiger partial charge in [-0.25, -0.2) is 0 Å². The first kappa shape index (κ1) is 14.5. The maximum Gasteiger partial charge on any atom is 0.229 e. The van der Waals surface area contributed by atoms with Crippen molar-refractivity contribution in [2.75, 3.05) is 31.7 Å². The zero-order valence-electron chi connectivity index (χ0n) is 12.1. The van der Waals surface area contributed by atoms with E-state index in [0.29, 0.717) is 36.6 Å². The summed E-state index contributed by atoms with van der Waals surface area (Å²) in [6.07, 6.45) is 1.66. The molecule has 7 nitrogen and oxygen atoms in total. The molecular formula is C13H21N5O2. The van der Waals surface area contributed by atoms with Gasteiger partial charge in [0.05, 0.1) is 12.8 Å². The lowest BCUT2D eigenvalue weighted by Gasteiger charge is -2.09. The van der Waals surface area contributed by atoms with E-state index in [1.807, 2.05) is 6.92 Å². The van der Waals surface area contributed by atoms with Crippen LogP contribution in [0.2, 0.25) is 0 Å². The van der Waals surface area contributed by atoms with Gasteiger partial charge >= 0.3 is 0 Å². The van der Waals surface area contributed by atoms with Crippen LogP contribution in [0.5, 0.6) is 5.88 Å². The van der Waals surface area contributed by atoms with Gasteiger partial charge in [-0.2, -0.15) is 15.1 Å². The van der Waals surface area contributed by atoms with Gasteiger partial charge in [-0.05, 0) is 12.8 Å². The molecule has 0 bridgehead atoms. The van der Waals surface area contributed by atoms with Gasteiger partial charge in [0.2, 0.25) is 11.8 Å². The van der Waals surface area contributed by atoms with Crippen molar-refractivity contribution in [2.45, 2.75) is 20.8 Å². The van der Waals surface area contributed by atoms with Crippen LogP contribution in [-0.4, -0.2) is 46.5 Å². The van der Waals surface area contributed by atoms with Crippen LogP contribution in [-0.2, 0) is 4.74 Å². The van der Waals surface area contributed by atoms with Crippen molar-refractivity contribution in [3.05, 3.63) is 6.20 Å². The van der Waals surface area contributed by atoms with Crippen molar-refractivity contribution >= 4 is 17.0 Å². The van der Waals surface area contributed by atoms with Gasteiger partial charge in [-0.3, -0.25) is 5.10 Å². The molecule has 0 atom stereocenters. The van der Waals surface area contributed by atoms with E-state index in [2.05, 4.69) is 39.3 Å². The Bertz CT molecular complexity index is 541. The normalized spacial score (nSPS) is 11.2. The van der Waals surface area contributed by atoms with Crippen LogP contribution in [0.3, 0.4) is 0 Å². The summed E-state index contributed by atoms with van der Waals surface area (Å²) < 4.78 is 11.2. The molecule has 0 spiro atoms. The van der Waals surface area contributed by atoms with E-state index in [4.69, 9.17) is 9.47 Å². The van der Waals surface area contributed by atoms with Gasteiger partial charge in [0, 0.05) is 13.2 Å². The Morgan fingerprint density at radius 3 is 2.90 bits per heavy atom. The number of nitrogens with one attached hydrogen (secondary N) is 2. The fraction of sp³-hybridized carbons (Fsp3) is 0.615. The maximum atomic E-state index is 5.67. The second-order valence-electron chi connectivity index (χ2n) is 4.83. The summed E-state index contributed by atoms with van der Waals surface area (Å²) in [7, 11) is 0. The number of hydrogen-bond acceptors (Lipinski definition) is 6. The summed E-state index contributed by atoms with van der Waals surface area (Å²) in [5.74, 6) is 1.57. The first-order valence-corrected chi connectivity index (χ1v) is 6.86. The summed E-state index contributed by atoms with van der Waals surface area (Å²) in [5.41, 5.74) is 0.661. The molecule has 2 heterocycles. The number of rotatable bonds is 8. The Balaban J connectivity index is 1.98. The molecule has 2 N–H and O–H groups in total. The third-order valence-electron chi connectivity index (χ3n) is 2.53. The van der Waals surface area contributed by atoms with E-state index in [9.17, 15) is 0 Å². The maximum absolute atomic E-state index is 5.67. The van der Waals surface area contributed by atoms with Gasteiger partial charge in [0.1, 0.15) is 12.0 Å². The first-order valence-electron chi connectivity index (χ1n) is 6.86. The number of anilines is 1. The minimum absolute atomic E-state index is 0.454. The van der Waals surface area contributed by atoms with E-state index >= 15 is 0 Å². The van der Waals surface area contributed by atoms with E-state index in [1.165, 1.54) is 0 Å². The van der Waals surface area contributed by atoms with Crippen LogP contribution in [0.15, 0.2) is 6.20 Å². The Morgan fingerprint density at radius 1 is 1.30 bits per heavy atom. The van der Waals surface area contributed by atoms with Gasteiger partial charge in [-0.1, -0.05) is 13.8 Å². The average Bonchev–Trinajstić information content (AvgIpc) is 2.86. The summed E-state index contributed by atoms with van der Waals surface area (Å²) in [4.78, 5) is 8.64. The summed E-state index contributed by atoms with van der Waals surface area (Å²) in [6.45, 7) is 8.69. The molecule has 20 heavy (non-hydrogen) atoms. The number of H-pyrrole nitrogens is 1. The summed E-state index contributed by atoms with van der Waals surface area (Å²) >= 11 is 0. The van der Waals surface area contributed by atoms with Crippen molar-refractivity contribution in [2.24, 2.45) is 5.92 Å². The van der Waals surface area contributed by atoms with Gasteiger partial charge in [0.15, 0.2) is 5.65 Å². The molecule has 0 fully saturated rings. The smallest absolute Gasteiger partial charge is 0.229 e. The number of aromatic nitrogens is 4. The van der Waals surface area contributed by atoms with Gasteiger partial charge in [-0.15, -0.1) is 0 Å². The fourth-order valence-electron chi connectivity index (χ4n) is 1.67. The minimum atomic E-state index is 0.454. The molecule has 0 aliphatic carbocycles. The highest BCUT2D eigenvalue weighted by Crippen LogP contribution is 2.21. The molecule has 0 aliphatic heterocycles. The van der Waals surface area contributed by atoms with Crippen LogP contribution in [0.1, 0.15) is 20.8 Å². The zero-order valence-corrected chi connectivity index (χ0v) is 12.1. The van der Waals surface area contributed by atoms with Crippen molar-refractivity contribution in [1.29, 1.82) is 0 Å². The zero-order chi connectivity index (χ0) is 14.4. The predicted molar refractivity (Wildman–Crippen MR) is 77.0 cm³/mol. The quantitative estimate of drug-likeness (QED) is 0.717. The van der Waals surface area contributed by atoms with Crippen molar-refractivity contribution in [3.63, 3.8) is 0 Å². The topological polar surface area (TPSA) is 85.0 Å². The van der Waals surface area contributed by atoms with E-state index in [1.54, 1.807) is 6.20 Å². The second kappa shape index (κ2) is 7.04. The fourth-order valence-corrected chi connectivity index (χ4v) is 1.67. The van der Waals surface area contributed by atoms with E-state index in [-0.39, 0.29) is 0 Å². The minimum Gasteiger partial charge on any atom is -0.475 e. The van der Waals surface area contributed by atoms with Crippen LogP contribution < -0.4 is 10.1 Å². The number of ether oxygens (including phenoxy) is 2. The van der Waals surface area contributed by atoms with Crippen molar-refractivity contribution in [1.82, 2.24) is 20.2 Å². The molecule has 0 saturated heterocycles. The summed E-state index contributed by atoms with van der Waals surface area (Å²) in [6, 6.07) is 0. The molecule has 0 aliphatic rings. The monoisotopic (exact) mass is 279 g/mol. The molecule has 7 heteroatoms. The van der Waals surface area contributed by atoms with Gasteiger partial charge < -0.3 is 14.8 Å². The number of fused-ring (bicyclic) bond motifs is 1. The second-order valence-corrected chi connectivity index (χ2v) is 4.83. The molecule has 110 valence electrons. The number of hydrogen-bond donors (Lipinski definition) is 2. The molecule has 0 unspecified atom stereocenters. The molecule has 2 aromatic heterocycles. The molecule has 0 radical (unpaired) electrons. The molecular weight excluding hydrogens is 258 g/mol. The Morgan fingerprint density at radius 2 is 2.15 bits per heavy atom. The Labute approximate surface area is 118 Å². The van der Waals surface area contributed by atoms with Gasteiger partial charge in [0.25, 0.3) is 0 Å². The van der Waals surface area contributed by atoms with Crippen molar-refractivity contribution < 1.29 is 9.47 Å². The summed E-state index contributed by atoms with van der Waals surface area (Å²) in [5, 5.41) is 10.6. The predicted octanol–water partition coefficient (Wildman–Crippen LogP) is 1.84. The van der Waals surface area contributed by atoms with Crippen LogP contribution >= 0.6 is 0 Å². The third kappa shape index (κ3) is 3.80. The third-order valence-corrected chi connectivity index (χ3v) is 2.53. The highest BCUT2D eigenvalue weighted by molar-refractivity contribution is 5.80. The lowest BCUT2D eigenvalue weighted by atomic mass is 10.2. The first-order chi connectivity index (χ1) is 9.70. The lowest BCUT2D eigenvalue weighted by Crippen LogP contribution is -2.11. The molecule has 0 saturated carbocycles. The molecule has 0 amide bonds. The van der Waals surface area contributed by atoms with Crippen molar-refractivity contribution in [3.8, 4) is 5.88 Å². The highest BCUT2D eigenvalue weighted by Gasteiger charge is 2.10. The van der Waals surface area contributed by atoms with Crippen LogP contribution in [0, 0.1) is 5.92 Å². The number of nitrogens with zero attached hydrogens (tertiary/aromatic N) is 3. The average molecular weight is 279 g/mol. The standard InChI is InChI=1S/C13H21N5O2/c1-4-14-13-16-11-10(7-15-18-11)12(17-13)20-6-5-19-8-9(2)3/h7,9H,4-6,8H2,1-3H3,(H2,14,15,16,17,18). The van der Waals surface area contributed by atoms with E-state index < -0.39 is 0 Å². The highest BCUT2D eigenvalue weighted by atomic mass is 16.5. The Kier molecular flexibility index (Phi) is 5.11. The molecule has 0 aromatic carbocycles.